The first-order valence-electron chi connectivity index (χ1n) is 7.13. The molecule has 3 nitrogen and oxygen atoms in total. The van der Waals surface area contributed by atoms with Gasteiger partial charge in [0.2, 0.25) is 0 Å². The van der Waals surface area contributed by atoms with E-state index in [2.05, 4.69) is 28.7 Å². The van der Waals surface area contributed by atoms with Gasteiger partial charge in [0.15, 0.2) is 0 Å². The molecule has 0 bridgehead atoms. The van der Waals surface area contributed by atoms with Crippen LogP contribution in [0.1, 0.15) is 30.9 Å². The zero-order valence-corrected chi connectivity index (χ0v) is 13.4. The Kier molecular flexibility index (Phi) is 5.37. The molecule has 0 aliphatic heterocycles. The van der Waals surface area contributed by atoms with Gasteiger partial charge in [-0.25, -0.2) is 9.37 Å². The van der Waals surface area contributed by atoms with Crippen LogP contribution in [0.25, 0.3) is 0 Å². The number of benzene rings is 1. The first-order chi connectivity index (χ1) is 9.97. The summed E-state index contributed by atoms with van der Waals surface area (Å²) in [6.07, 6.45) is 1.86. The van der Waals surface area contributed by atoms with E-state index in [-0.39, 0.29) is 5.82 Å². The molecule has 2 rings (SSSR count). The second kappa shape index (κ2) is 7.05. The summed E-state index contributed by atoms with van der Waals surface area (Å²) in [6, 6.07) is 4.44. The normalized spacial score (nSPS) is 11.3. The van der Waals surface area contributed by atoms with Gasteiger partial charge in [0.1, 0.15) is 11.6 Å². The Hall–Kier alpha value is -1.39. The van der Waals surface area contributed by atoms with Gasteiger partial charge in [-0.2, -0.15) is 0 Å². The molecule has 1 aromatic heterocycles. The van der Waals surface area contributed by atoms with Crippen LogP contribution in [-0.2, 0) is 13.1 Å². The Balaban J connectivity index is 2.15. The lowest BCUT2D eigenvalue weighted by Gasteiger charge is -2.13. The van der Waals surface area contributed by atoms with Crippen molar-refractivity contribution in [3.63, 3.8) is 0 Å². The van der Waals surface area contributed by atoms with Crippen LogP contribution in [0.15, 0.2) is 24.4 Å². The number of nitrogens with one attached hydrogen (secondary N) is 1. The smallest absolute Gasteiger partial charge is 0.123 e. The third-order valence-electron chi connectivity index (χ3n) is 3.33. The second-order valence-corrected chi connectivity index (χ2v) is 6.05. The predicted octanol–water partition coefficient (Wildman–Crippen LogP) is 3.78. The van der Waals surface area contributed by atoms with Gasteiger partial charge < -0.3 is 9.88 Å². The summed E-state index contributed by atoms with van der Waals surface area (Å²) in [5, 5.41) is 3.97. The van der Waals surface area contributed by atoms with E-state index in [4.69, 9.17) is 11.6 Å². The predicted molar refractivity (Wildman–Crippen MR) is 84.0 cm³/mol. The number of rotatable bonds is 6. The largest absolute Gasteiger partial charge is 0.327 e. The lowest BCUT2D eigenvalue weighted by atomic mass is 10.2. The maximum absolute atomic E-state index is 13.4. The van der Waals surface area contributed by atoms with Gasteiger partial charge in [-0.15, -0.1) is 0 Å². The number of imidazole rings is 1. The molecule has 2 aromatic rings. The minimum Gasteiger partial charge on any atom is -0.327 e. The van der Waals surface area contributed by atoms with Crippen molar-refractivity contribution in [1.82, 2.24) is 14.9 Å². The van der Waals surface area contributed by atoms with E-state index in [1.165, 1.54) is 12.1 Å². The maximum Gasteiger partial charge on any atom is 0.123 e. The van der Waals surface area contributed by atoms with Crippen LogP contribution in [0.4, 0.5) is 4.39 Å². The van der Waals surface area contributed by atoms with E-state index in [1.54, 1.807) is 6.07 Å². The summed E-state index contributed by atoms with van der Waals surface area (Å²) in [6.45, 7) is 8.50. The Bertz CT molecular complexity index is 608. The monoisotopic (exact) mass is 309 g/mol. The minimum atomic E-state index is -0.272. The second-order valence-electron chi connectivity index (χ2n) is 5.64. The summed E-state index contributed by atoms with van der Waals surface area (Å²) in [5.74, 6) is 1.23. The summed E-state index contributed by atoms with van der Waals surface area (Å²) in [5.41, 5.74) is 1.84. The van der Waals surface area contributed by atoms with Crippen LogP contribution < -0.4 is 5.32 Å². The molecule has 0 saturated heterocycles. The Labute approximate surface area is 130 Å². The summed E-state index contributed by atoms with van der Waals surface area (Å²) in [4.78, 5) is 4.35. The van der Waals surface area contributed by atoms with Gasteiger partial charge >= 0.3 is 0 Å². The van der Waals surface area contributed by atoms with Crippen molar-refractivity contribution in [1.29, 1.82) is 0 Å². The number of nitrogens with zero attached hydrogens (tertiary/aromatic N) is 2. The van der Waals surface area contributed by atoms with Crippen LogP contribution in [0.3, 0.4) is 0 Å². The molecule has 0 atom stereocenters. The Morgan fingerprint density at radius 3 is 2.86 bits per heavy atom. The summed E-state index contributed by atoms with van der Waals surface area (Å²) < 4.78 is 15.4. The molecule has 1 heterocycles. The molecule has 0 radical (unpaired) electrons. The van der Waals surface area contributed by atoms with Gasteiger partial charge in [0.25, 0.3) is 0 Å². The minimum absolute atomic E-state index is 0.272. The van der Waals surface area contributed by atoms with Gasteiger partial charge in [0, 0.05) is 17.8 Å². The summed E-state index contributed by atoms with van der Waals surface area (Å²) in [7, 11) is 0. The molecule has 0 aliphatic rings. The molecule has 1 aromatic carbocycles. The van der Waals surface area contributed by atoms with Gasteiger partial charge in [-0.3, -0.25) is 0 Å². The Morgan fingerprint density at radius 2 is 2.14 bits per heavy atom. The summed E-state index contributed by atoms with van der Waals surface area (Å²) >= 11 is 6.15. The van der Waals surface area contributed by atoms with E-state index in [1.807, 2.05) is 13.1 Å². The van der Waals surface area contributed by atoms with Crippen LogP contribution in [-0.4, -0.2) is 16.1 Å². The quantitative estimate of drug-likeness (QED) is 0.880. The molecular formula is C16H21ClFN3. The number of aryl methyl sites for hydroxylation is 1. The third kappa shape index (κ3) is 4.29. The van der Waals surface area contributed by atoms with Crippen molar-refractivity contribution in [3.05, 3.63) is 52.3 Å². The van der Waals surface area contributed by atoms with Crippen molar-refractivity contribution >= 4 is 11.6 Å². The molecule has 0 amide bonds. The van der Waals surface area contributed by atoms with Crippen LogP contribution >= 0.6 is 11.6 Å². The first kappa shape index (κ1) is 16.0. The number of hydrogen-bond donors (Lipinski definition) is 1. The van der Waals surface area contributed by atoms with Gasteiger partial charge in [-0.05, 0) is 43.1 Å². The van der Waals surface area contributed by atoms with E-state index in [0.29, 0.717) is 17.5 Å². The average Bonchev–Trinajstić information content (AvgIpc) is 2.75. The van der Waals surface area contributed by atoms with E-state index in [0.717, 1.165) is 30.2 Å². The maximum atomic E-state index is 13.4. The third-order valence-corrected chi connectivity index (χ3v) is 3.70. The molecule has 0 spiro atoms. The molecule has 0 aliphatic carbocycles. The highest BCUT2D eigenvalue weighted by atomic mass is 35.5. The fourth-order valence-electron chi connectivity index (χ4n) is 2.20. The molecule has 114 valence electrons. The fraction of sp³-hybridized carbons (Fsp3) is 0.438. The van der Waals surface area contributed by atoms with E-state index >= 15 is 0 Å². The van der Waals surface area contributed by atoms with Crippen molar-refractivity contribution in [2.75, 3.05) is 6.54 Å². The number of halogens is 2. The topological polar surface area (TPSA) is 29.9 Å². The van der Waals surface area contributed by atoms with Gasteiger partial charge in [0.05, 0.1) is 12.2 Å². The fourth-order valence-corrected chi connectivity index (χ4v) is 2.37. The average molecular weight is 310 g/mol. The zero-order chi connectivity index (χ0) is 15.4. The SMILES string of the molecule is Cc1ncc(CNCC(C)C)n1Cc1cc(F)ccc1Cl. The van der Waals surface area contributed by atoms with Gasteiger partial charge in [-0.1, -0.05) is 25.4 Å². The molecular weight excluding hydrogens is 289 g/mol. The molecule has 0 fully saturated rings. The van der Waals surface area contributed by atoms with Crippen LogP contribution in [0.2, 0.25) is 5.02 Å². The van der Waals surface area contributed by atoms with E-state index < -0.39 is 0 Å². The lowest BCUT2D eigenvalue weighted by molar-refractivity contribution is 0.537. The number of hydrogen-bond acceptors (Lipinski definition) is 2. The van der Waals surface area contributed by atoms with E-state index in [9.17, 15) is 4.39 Å². The van der Waals surface area contributed by atoms with Crippen LogP contribution in [0, 0.1) is 18.7 Å². The van der Waals surface area contributed by atoms with Crippen molar-refractivity contribution in [2.24, 2.45) is 5.92 Å². The first-order valence-corrected chi connectivity index (χ1v) is 7.51. The van der Waals surface area contributed by atoms with Crippen molar-refractivity contribution < 1.29 is 4.39 Å². The highest BCUT2D eigenvalue weighted by molar-refractivity contribution is 6.31. The highest BCUT2D eigenvalue weighted by Crippen LogP contribution is 2.19. The number of aromatic nitrogens is 2. The molecule has 0 unspecified atom stereocenters. The molecule has 21 heavy (non-hydrogen) atoms. The van der Waals surface area contributed by atoms with Crippen molar-refractivity contribution in [3.8, 4) is 0 Å². The lowest BCUT2D eigenvalue weighted by Crippen LogP contribution is -2.21. The standard InChI is InChI=1S/C16H21ClFN3/c1-11(2)7-19-8-15-9-20-12(3)21(15)10-13-6-14(18)4-5-16(13)17/h4-6,9,11,19H,7-8,10H2,1-3H3. The molecule has 1 N–H and O–H groups in total. The molecule has 5 heteroatoms. The van der Waals surface area contributed by atoms with Crippen LogP contribution in [0.5, 0.6) is 0 Å². The highest BCUT2D eigenvalue weighted by Gasteiger charge is 2.10. The zero-order valence-electron chi connectivity index (χ0n) is 12.7. The van der Waals surface area contributed by atoms with Crippen molar-refractivity contribution in [2.45, 2.75) is 33.9 Å². The molecule has 0 saturated carbocycles. The Morgan fingerprint density at radius 1 is 1.38 bits per heavy atom.